The first-order valence-electron chi connectivity index (χ1n) is 33.1. The highest BCUT2D eigenvalue weighted by molar-refractivity contribution is 9.10. The second-order valence-electron chi connectivity index (χ2n) is 23.5. The number of pyridine rings is 4. The number of carboxylic acid groups (broad SMARTS) is 1. The third-order valence-corrected chi connectivity index (χ3v) is 17.7. The van der Waals surface area contributed by atoms with Crippen LogP contribution in [0.1, 0.15) is 62.1 Å². The Bertz CT molecular complexity index is 4490. The number of nitrogens with one attached hydrogen (secondary N) is 1. The van der Waals surface area contributed by atoms with Crippen molar-refractivity contribution in [3.05, 3.63) is 289 Å². The summed E-state index contributed by atoms with van der Waals surface area (Å²) in [5, 5.41) is 23.0. The molecule has 4 saturated heterocycles. The third kappa shape index (κ3) is 24.8. The minimum atomic E-state index is -1.02. The highest BCUT2D eigenvalue weighted by atomic mass is 79.9. The lowest BCUT2D eigenvalue weighted by Gasteiger charge is -2.48. The van der Waals surface area contributed by atoms with Gasteiger partial charge in [0.1, 0.15) is 27.6 Å². The van der Waals surface area contributed by atoms with Gasteiger partial charge in [-0.3, -0.25) is 24.2 Å². The van der Waals surface area contributed by atoms with Crippen molar-refractivity contribution in [3.63, 3.8) is 0 Å². The van der Waals surface area contributed by atoms with Gasteiger partial charge in [-0.2, -0.15) is 0 Å². The molecule has 548 valence electrons. The number of likely N-dealkylation sites (tertiary alicyclic amines) is 1. The van der Waals surface area contributed by atoms with Crippen molar-refractivity contribution in [2.45, 2.75) is 12.1 Å². The number of carbonyl (C=O) groups excluding carboxylic acids is 5. The summed E-state index contributed by atoms with van der Waals surface area (Å²) < 4.78 is 26.3. The van der Waals surface area contributed by atoms with E-state index in [0.29, 0.717) is 115 Å². The Hall–Kier alpha value is -10.5. The maximum absolute atomic E-state index is 12.8. The summed E-state index contributed by atoms with van der Waals surface area (Å²) >= 11 is 26.3. The molecule has 4 aliphatic rings. The normalized spacial score (nSPS) is 14.0. The molecule has 8 heterocycles. The molecular weight excluding hydrogens is 1510 g/mol. The average molecular weight is 1580 g/mol. The number of carbonyl (C=O) groups is 6. The number of halogens is 5. The molecule has 6 aromatic carbocycles. The van der Waals surface area contributed by atoms with Gasteiger partial charge in [0.2, 0.25) is 17.6 Å². The van der Waals surface area contributed by atoms with E-state index < -0.39 is 11.9 Å². The molecule has 10 aromatic rings. The van der Waals surface area contributed by atoms with Crippen LogP contribution in [0.4, 0.5) is 0 Å². The number of piperazine rings is 2. The SMILES string of the molecule is COC(=O)c1ccc(Br)nc1.COC(=O)c1ccc(Oc2cccc(Cl)c2)nc1.O=C(O)c1ccc(Oc2cccc(Cl)c2)nc1.O=C(c1ccccc1)N1CCN(C2CN(C(=O)c3ccc(Oc4cccc(Cl)c4)nc3)C2)CC1.O=C(c1ccccc1)N1CCN(C2CNC2)CC1.Oc1cccc(Cl)c1. The second kappa shape index (κ2) is 40.7. The predicted octanol–water partition coefficient (Wildman–Crippen LogP) is 14.4. The first-order valence-corrected chi connectivity index (χ1v) is 35.4. The van der Waals surface area contributed by atoms with Gasteiger partial charge in [0.15, 0.2) is 0 Å². The van der Waals surface area contributed by atoms with Crippen LogP contribution in [0.5, 0.6) is 40.6 Å². The molecule has 0 atom stereocenters. The number of phenolic OH excluding ortho intramolecular Hbond substituents is 1. The Kier molecular flexibility index (Phi) is 30.5. The maximum atomic E-state index is 12.8. The third-order valence-electron chi connectivity index (χ3n) is 16.3. The van der Waals surface area contributed by atoms with Crippen molar-refractivity contribution in [3.8, 4) is 40.6 Å². The number of hydrogen-bond acceptors (Lipinski definition) is 19. The zero-order valence-corrected chi connectivity index (χ0v) is 62.0. The van der Waals surface area contributed by atoms with E-state index >= 15 is 0 Å². The van der Waals surface area contributed by atoms with Crippen LogP contribution in [-0.2, 0) is 9.47 Å². The monoisotopic (exact) mass is 1580 g/mol. The highest BCUT2D eigenvalue weighted by Gasteiger charge is 2.37. The summed E-state index contributed by atoms with van der Waals surface area (Å²) in [7, 11) is 2.66. The summed E-state index contributed by atoms with van der Waals surface area (Å²) in [6.45, 7) is 10.3. The first-order chi connectivity index (χ1) is 51.3. The number of aromatic nitrogens is 4. The molecule has 3 N–H and O–H groups in total. The molecule has 14 rings (SSSR count). The van der Waals surface area contributed by atoms with Crippen molar-refractivity contribution in [2.24, 2.45) is 0 Å². The van der Waals surface area contributed by atoms with Crippen molar-refractivity contribution in [2.75, 3.05) is 92.8 Å². The number of aromatic hydroxyl groups is 1. The van der Waals surface area contributed by atoms with Crippen LogP contribution in [0.25, 0.3) is 0 Å². The van der Waals surface area contributed by atoms with Crippen molar-refractivity contribution in [1.82, 2.24) is 49.8 Å². The topological polar surface area (TPSA) is 269 Å². The van der Waals surface area contributed by atoms with Crippen LogP contribution < -0.4 is 19.5 Å². The number of amides is 3. The summed E-state index contributed by atoms with van der Waals surface area (Å²) in [5.41, 5.74) is 3.01. The number of esters is 2. The number of hydrogen-bond donors (Lipinski definition) is 3. The van der Waals surface area contributed by atoms with E-state index in [1.165, 1.54) is 51.0 Å². The van der Waals surface area contributed by atoms with Gasteiger partial charge in [-0.15, -0.1) is 0 Å². The Morgan fingerprint density at radius 1 is 0.406 bits per heavy atom. The lowest BCUT2D eigenvalue weighted by molar-refractivity contribution is 0.00848. The maximum Gasteiger partial charge on any atom is 0.339 e. The van der Waals surface area contributed by atoms with Gasteiger partial charge in [0.25, 0.3) is 17.7 Å². The fourth-order valence-corrected chi connectivity index (χ4v) is 11.5. The molecule has 4 aromatic heterocycles. The van der Waals surface area contributed by atoms with Crippen LogP contribution in [0.3, 0.4) is 0 Å². The van der Waals surface area contributed by atoms with Gasteiger partial charge >= 0.3 is 17.9 Å². The molecule has 106 heavy (non-hydrogen) atoms. The van der Waals surface area contributed by atoms with Crippen molar-refractivity contribution in [1.29, 1.82) is 0 Å². The van der Waals surface area contributed by atoms with Gasteiger partial charge in [0.05, 0.1) is 36.5 Å². The Labute approximate surface area is 640 Å². The first kappa shape index (κ1) is 79.6. The number of nitrogens with zero attached hydrogens (tertiary/aromatic N) is 9. The zero-order chi connectivity index (χ0) is 75.3. The van der Waals surface area contributed by atoms with Gasteiger partial charge < -0.3 is 53.9 Å². The lowest BCUT2D eigenvalue weighted by atomic mass is 10.0. The molecule has 0 unspecified atom stereocenters. The molecule has 23 nitrogen and oxygen atoms in total. The number of methoxy groups -OCH3 is 2. The van der Waals surface area contributed by atoms with E-state index in [2.05, 4.69) is 60.5 Å². The summed E-state index contributed by atoms with van der Waals surface area (Å²) in [6, 6.07) is 60.2. The molecule has 0 spiro atoms. The summed E-state index contributed by atoms with van der Waals surface area (Å²) in [6.07, 6.45) is 5.63. The van der Waals surface area contributed by atoms with E-state index in [1.807, 2.05) is 75.4 Å². The second-order valence-corrected chi connectivity index (χ2v) is 26.1. The molecule has 0 aliphatic carbocycles. The van der Waals surface area contributed by atoms with Gasteiger partial charge in [0, 0.05) is 165 Å². The van der Waals surface area contributed by atoms with Gasteiger partial charge in [-0.25, -0.2) is 34.3 Å². The highest BCUT2D eigenvalue weighted by Crippen LogP contribution is 2.28. The van der Waals surface area contributed by atoms with Crippen molar-refractivity contribution < 1.29 is 62.7 Å². The number of ether oxygens (including phenoxy) is 5. The fourth-order valence-electron chi connectivity index (χ4n) is 10.5. The predicted molar refractivity (Wildman–Crippen MR) is 406 cm³/mol. The molecule has 3 amide bonds. The van der Waals surface area contributed by atoms with Gasteiger partial charge in [-0.05, 0) is 143 Å². The molecular formula is C78H73BrCl4N10O13. The minimum absolute atomic E-state index is 0.0315. The van der Waals surface area contributed by atoms with Crippen LogP contribution in [0.2, 0.25) is 20.1 Å². The van der Waals surface area contributed by atoms with E-state index in [9.17, 15) is 28.8 Å². The quantitative estimate of drug-likeness (QED) is 0.0674. The van der Waals surface area contributed by atoms with Crippen LogP contribution in [0, 0.1) is 0 Å². The molecule has 4 aliphatic heterocycles. The number of rotatable bonds is 14. The average Bonchev–Trinajstić information content (AvgIpc) is 0.767. The summed E-state index contributed by atoms with van der Waals surface area (Å²) in [4.78, 5) is 97.0. The molecule has 0 saturated carbocycles. The minimum Gasteiger partial charge on any atom is -0.508 e. The van der Waals surface area contributed by atoms with E-state index in [1.54, 1.807) is 134 Å². The van der Waals surface area contributed by atoms with Crippen LogP contribution >= 0.6 is 62.3 Å². The van der Waals surface area contributed by atoms with E-state index in [4.69, 9.17) is 70.8 Å². The zero-order valence-electron chi connectivity index (χ0n) is 57.4. The van der Waals surface area contributed by atoms with E-state index in [-0.39, 0.29) is 35.0 Å². The Morgan fingerprint density at radius 3 is 1.10 bits per heavy atom. The fraction of sp³-hybridized carbons (Fsp3) is 0.205. The number of phenols is 1. The lowest BCUT2D eigenvalue weighted by Crippen LogP contribution is -2.64. The number of aromatic carboxylic acids is 1. The van der Waals surface area contributed by atoms with Crippen LogP contribution in [-0.4, -0.2) is 195 Å². The molecule has 4 fully saturated rings. The smallest absolute Gasteiger partial charge is 0.339 e. The summed E-state index contributed by atoms with van der Waals surface area (Å²) in [5.74, 6) is 1.43. The number of carboxylic acids is 1. The van der Waals surface area contributed by atoms with Gasteiger partial charge in [-0.1, -0.05) is 107 Å². The molecule has 0 bridgehead atoms. The largest absolute Gasteiger partial charge is 0.508 e. The standard InChI is InChI=1S/C26H25ClN4O3.C14H19N3O.C13H10ClNO3.C12H8ClNO3.C7H6BrNO2.C6H5ClO/c27-21-7-4-8-23(15-21)34-24-10-9-20(16-28-24)26(33)31-17-22(18-31)29-11-13-30(14-12-29)25(32)19-5-2-1-3-6-19;18-14(12-4-2-1-3-5-12)17-8-6-16(7-9-17)13-10-15-11-13;1-17-13(16)9-5-6-12(15-8-9)18-11-4-2-3-10(14)7-11;13-9-2-1-3-10(6-9)17-11-5-4-8(7-14-11)12(15)16;1-11-7(10)5-2-3-6(8)9-4-5;7-5-2-1-3-6(8)4-5/h1-10,15-16,22H,11-14,17-18H2;1-5,13,15H,6-11H2;2-8H,1H3;1-7H,(H,15,16);2-4H,1H3;1-4,8H. The van der Waals surface area contributed by atoms with E-state index in [0.717, 1.165) is 63.5 Å². The van der Waals surface area contributed by atoms with Crippen molar-refractivity contribution >= 4 is 98.0 Å². The van der Waals surface area contributed by atoms with Crippen LogP contribution in [0.15, 0.2) is 236 Å². The Morgan fingerprint density at radius 2 is 0.774 bits per heavy atom. The molecule has 28 heteroatoms. The molecule has 0 radical (unpaired) electrons. The number of benzene rings is 6. The Balaban J connectivity index is 0.000000156.